The fourth-order valence-electron chi connectivity index (χ4n) is 3.47. The number of amides is 1. The van der Waals surface area contributed by atoms with E-state index in [1.165, 1.54) is 12.1 Å². The highest BCUT2D eigenvalue weighted by Crippen LogP contribution is 2.41. The third-order valence-corrected chi connectivity index (χ3v) is 4.71. The van der Waals surface area contributed by atoms with Gasteiger partial charge in [-0.05, 0) is 37.0 Å². The molecule has 1 aromatic carbocycles. The quantitative estimate of drug-likeness (QED) is 0.359. The Kier molecular flexibility index (Phi) is 4.02. The van der Waals surface area contributed by atoms with Crippen molar-refractivity contribution < 1.29 is 19.2 Å². The van der Waals surface area contributed by atoms with Gasteiger partial charge in [0.05, 0.1) is 10.8 Å². The zero-order valence-corrected chi connectivity index (χ0v) is 12.8. The minimum atomic E-state index is -0.478. The number of nitrogens with zero attached hydrogens (tertiary/aromatic N) is 2. The molecule has 2 saturated heterocycles. The number of hydrogen-bond donors (Lipinski definition) is 0. The van der Waals surface area contributed by atoms with E-state index in [4.69, 9.17) is 4.74 Å². The van der Waals surface area contributed by atoms with E-state index in [1.807, 2.05) is 6.92 Å². The van der Waals surface area contributed by atoms with Crippen LogP contribution in [0.5, 0.6) is 0 Å². The van der Waals surface area contributed by atoms with E-state index in [1.54, 1.807) is 17.0 Å². The van der Waals surface area contributed by atoms with Crippen molar-refractivity contribution in [2.24, 2.45) is 5.92 Å². The van der Waals surface area contributed by atoms with Gasteiger partial charge in [-0.3, -0.25) is 14.9 Å². The molecule has 2 fully saturated rings. The molecule has 23 heavy (non-hydrogen) atoms. The second-order valence-electron chi connectivity index (χ2n) is 5.95. The number of ether oxygens (including phenoxy) is 1. The summed E-state index contributed by atoms with van der Waals surface area (Å²) < 4.78 is 5.28. The van der Waals surface area contributed by atoms with Gasteiger partial charge < -0.3 is 9.64 Å². The summed E-state index contributed by atoms with van der Waals surface area (Å²) in [6.07, 6.45) is 2.30. The zero-order chi connectivity index (χ0) is 16.6. The molecule has 7 nitrogen and oxygen atoms in total. The Labute approximate surface area is 133 Å². The Hall–Kier alpha value is -2.44. The summed E-state index contributed by atoms with van der Waals surface area (Å²) in [5.41, 5.74) is 0.676. The van der Waals surface area contributed by atoms with Gasteiger partial charge in [-0.15, -0.1) is 0 Å². The molecular formula is C16H18N2O5. The lowest BCUT2D eigenvalue weighted by molar-refractivity contribution is -0.384. The average Bonchev–Trinajstić information content (AvgIpc) is 2.93. The standard InChI is InChI=1S/C16H18N2O5/c1-2-12-13-7-8-14(17(13)15(12)19)16(20)23-9-10-3-5-11(6-4-10)18(21)22/h3-6,12-14H,2,7-9H2,1H3/t12-,13+,14-/m0/s1. The van der Waals surface area contributed by atoms with Gasteiger partial charge in [0.15, 0.2) is 0 Å². The van der Waals surface area contributed by atoms with E-state index in [9.17, 15) is 19.7 Å². The first-order valence-corrected chi connectivity index (χ1v) is 7.75. The number of non-ortho nitro benzene ring substituents is 1. The summed E-state index contributed by atoms with van der Waals surface area (Å²) in [6, 6.07) is 5.58. The maximum Gasteiger partial charge on any atom is 0.329 e. The SMILES string of the molecule is CC[C@@H]1C(=O)N2[C@@H]1CC[C@H]2C(=O)OCc1ccc([N+](=O)[O-])cc1. The molecule has 2 heterocycles. The summed E-state index contributed by atoms with van der Waals surface area (Å²) in [4.78, 5) is 36.0. The summed E-state index contributed by atoms with van der Waals surface area (Å²) in [5.74, 6) is -0.288. The minimum absolute atomic E-state index is 0.00417. The van der Waals surface area contributed by atoms with E-state index >= 15 is 0 Å². The van der Waals surface area contributed by atoms with Crippen molar-refractivity contribution in [3.05, 3.63) is 39.9 Å². The predicted octanol–water partition coefficient (Wildman–Crippen LogP) is 2.04. The third-order valence-electron chi connectivity index (χ3n) is 4.71. The molecular weight excluding hydrogens is 300 g/mol. The van der Waals surface area contributed by atoms with E-state index in [-0.39, 0.29) is 30.2 Å². The Bertz CT molecular complexity index is 642. The summed E-state index contributed by atoms with van der Waals surface area (Å²) in [6.45, 7) is 2.04. The topological polar surface area (TPSA) is 89.8 Å². The molecule has 7 heteroatoms. The van der Waals surface area contributed by atoms with E-state index in [0.29, 0.717) is 12.0 Å². The lowest BCUT2D eigenvalue weighted by Crippen LogP contribution is -2.61. The molecule has 1 amide bonds. The van der Waals surface area contributed by atoms with Crippen LogP contribution in [0, 0.1) is 16.0 Å². The van der Waals surface area contributed by atoms with Gasteiger partial charge in [0.2, 0.25) is 5.91 Å². The normalized spacial score (nSPS) is 25.7. The van der Waals surface area contributed by atoms with Gasteiger partial charge >= 0.3 is 5.97 Å². The minimum Gasteiger partial charge on any atom is -0.459 e. The predicted molar refractivity (Wildman–Crippen MR) is 80.3 cm³/mol. The highest BCUT2D eigenvalue weighted by molar-refractivity contribution is 5.92. The first kappa shape index (κ1) is 15.5. The summed E-state index contributed by atoms with van der Waals surface area (Å²) in [7, 11) is 0. The third kappa shape index (κ3) is 2.67. The van der Waals surface area contributed by atoms with Crippen LogP contribution in [0.1, 0.15) is 31.7 Å². The summed E-state index contributed by atoms with van der Waals surface area (Å²) in [5, 5.41) is 10.6. The lowest BCUT2D eigenvalue weighted by Gasteiger charge is -2.44. The molecule has 0 saturated carbocycles. The van der Waals surface area contributed by atoms with Crippen molar-refractivity contribution in [3.63, 3.8) is 0 Å². The van der Waals surface area contributed by atoms with Crippen LogP contribution >= 0.6 is 0 Å². The largest absolute Gasteiger partial charge is 0.459 e. The number of fused-ring (bicyclic) bond motifs is 1. The smallest absolute Gasteiger partial charge is 0.329 e. The molecule has 2 aliphatic heterocycles. The first-order chi connectivity index (χ1) is 11.0. The molecule has 0 spiro atoms. The fourth-order valence-corrected chi connectivity index (χ4v) is 3.47. The Balaban J connectivity index is 1.56. The lowest BCUT2D eigenvalue weighted by atomic mass is 9.86. The highest BCUT2D eigenvalue weighted by Gasteiger charge is 2.55. The van der Waals surface area contributed by atoms with E-state index in [2.05, 4.69) is 0 Å². The second-order valence-corrected chi connectivity index (χ2v) is 5.95. The van der Waals surface area contributed by atoms with Crippen LogP contribution in [0.2, 0.25) is 0 Å². The number of hydrogen-bond acceptors (Lipinski definition) is 5. The van der Waals surface area contributed by atoms with Crippen molar-refractivity contribution in [1.29, 1.82) is 0 Å². The van der Waals surface area contributed by atoms with Crippen LogP contribution in [0.15, 0.2) is 24.3 Å². The van der Waals surface area contributed by atoms with Gasteiger partial charge in [0.25, 0.3) is 5.69 Å². The second kappa shape index (κ2) is 5.98. The maximum atomic E-state index is 12.2. The Morgan fingerprint density at radius 1 is 1.35 bits per heavy atom. The van der Waals surface area contributed by atoms with Crippen molar-refractivity contribution in [2.75, 3.05) is 0 Å². The zero-order valence-electron chi connectivity index (χ0n) is 12.8. The number of carbonyl (C=O) groups is 2. The molecule has 1 aromatic rings. The average molecular weight is 318 g/mol. The van der Waals surface area contributed by atoms with E-state index < -0.39 is 16.9 Å². The van der Waals surface area contributed by atoms with Gasteiger partial charge in [-0.25, -0.2) is 4.79 Å². The van der Waals surface area contributed by atoms with Crippen molar-refractivity contribution >= 4 is 17.6 Å². The molecule has 0 aromatic heterocycles. The number of benzene rings is 1. The molecule has 2 aliphatic rings. The Morgan fingerprint density at radius 3 is 2.65 bits per heavy atom. The van der Waals surface area contributed by atoms with Gasteiger partial charge in [-0.2, -0.15) is 0 Å². The van der Waals surface area contributed by atoms with Crippen molar-refractivity contribution in [2.45, 2.75) is 44.9 Å². The monoisotopic (exact) mass is 318 g/mol. The molecule has 122 valence electrons. The number of rotatable bonds is 5. The molecule has 0 N–H and O–H groups in total. The van der Waals surface area contributed by atoms with E-state index in [0.717, 1.165) is 12.8 Å². The van der Waals surface area contributed by atoms with Crippen LogP contribution in [0.25, 0.3) is 0 Å². The summed E-state index contributed by atoms with van der Waals surface area (Å²) >= 11 is 0. The maximum absolute atomic E-state index is 12.2. The molecule has 0 radical (unpaired) electrons. The molecule has 0 bridgehead atoms. The van der Waals surface area contributed by atoms with Crippen molar-refractivity contribution in [3.8, 4) is 0 Å². The number of nitro groups is 1. The number of β-lactam (4-membered cyclic amide) rings is 1. The molecule has 3 atom stereocenters. The molecule has 3 rings (SSSR count). The molecule has 0 aliphatic carbocycles. The van der Waals surface area contributed by atoms with Crippen molar-refractivity contribution in [1.82, 2.24) is 4.90 Å². The van der Waals surface area contributed by atoms with Crippen LogP contribution in [-0.2, 0) is 20.9 Å². The highest BCUT2D eigenvalue weighted by atomic mass is 16.6. The van der Waals surface area contributed by atoms with Crippen LogP contribution < -0.4 is 0 Å². The van der Waals surface area contributed by atoms with Crippen LogP contribution in [-0.4, -0.2) is 33.8 Å². The number of carbonyl (C=O) groups excluding carboxylic acids is 2. The molecule has 0 unspecified atom stereocenters. The van der Waals surface area contributed by atoms with Crippen LogP contribution in [0.3, 0.4) is 0 Å². The number of esters is 1. The van der Waals surface area contributed by atoms with Gasteiger partial charge in [0.1, 0.15) is 12.6 Å². The number of nitro benzene ring substituents is 1. The van der Waals surface area contributed by atoms with Gasteiger partial charge in [-0.1, -0.05) is 6.92 Å². The van der Waals surface area contributed by atoms with Gasteiger partial charge in [0, 0.05) is 18.2 Å². The first-order valence-electron chi connectivity index (χ1n) is 7.75. The Morgan fingerprint density at radius 2 is 2.04 bits per heavy atom. The van der Waals surface area contributed by atoms with Crippen LogP contribution in [0.4, 0.5) is 5.69 Å². The fraction of sp³-hybridized carbons (Fsp3) is 0.500.